The highest BCUT2D eigenvalue weighted by molar-refractivity contribution is 5.67. The summed E-state index contributed by atoms with van der Waals surface area (Å²) in [6.45, 7) is 0.0285. The van der Waals surface area contributed by atoms with Crippen molar-refractivity contribution in [2.24, 2.45) is 0 Å². The molecule has 2 rings (SSSR count). The minimum Gasteiger partial charge on any atom is -0.396 e. The summed E-state index contributed by atoms with van der Waals surface area (Å²) >= 11 is 0. The molecule has 1 nitrogen and oxygen atoms in total. The Bertz CT molecular complexity index is 523. The molecule has 2 aromatic rings. The van der Waals surface area contributed by atoms with Crippen molar-refractivity contribution in [3.05, 3.63) is 59.7 Å². The fourth-order valence-corrected chi connectivity index (χ4v) is 1.80. The van der Waals surface area contributed by atoms with E-state index in [0.717, 1.165) is 17.2 Å². The third-order valence-corrected chi connectivity index (χ3v) is 2.63. The molecule has 0 fully saturated rings. The summed E-state index contributed by atoms with van der Waals surface area (Å²) in [7, 11) is 0. The van der Waals surface area contributed by atoms with E-state index >= 15 is 0 Å². The number of hydrogen-bond donors (Lipinski definition) is 1. The Kier molecular flexibility index (Phi) is 3.49. The molecule has 0 saturated carbocycles. The third-order valence-electron chi connectivity index (χ3n) is 2.63. The first-order valence-corrected chi connectivity index (χ1v) is 5.36. The van der Waals surface area contributed by atoms with Gasteiger partial charge in [-0.15, -0.1) is 0 Å². The number of aliphatic hydroxyl groups is 1. The molecule has 88 valence electrons. The van der Waals surface area contributed by atoms with Gasteiger partial charge in [0, 0.05) is 6.61 Å². The van der Waals surface area contributed by atoms with Crippen molar-refractivity contribution in [3.63, 3.8) is 0 Å². The molecule has 0 amide bonds. The Hall–Kier alpha value is -1.74. The summed E-state index contributed by atoms with van der Waals surface area (Å²) in [6, 6.07) is 11.2. The van der Waals surface area contributed by atoms with Crippen LogP contribution in [0.4, 0.5) is 8.78 Å². The van der Waals surface area contributed by atoms with Crippen LogP contribution < -0.4 is 0 Å². The number of benzene rings is 2. The lowest BCUT2D eigenvalue weighted by Gasteiger charge is -2.08. The molecular weight excluding hydrogens is 222 g/mol. The Morgan fingerprint density at radius 3 is 2.41 bits per heavy atom. The van der Waals surface area contributed by atoms with Gasteiger partial charge >= 0.3 is 0 Å². The molecule has 0 aliphatic rings. The zero-order valence-electron chi connectivity index (χ0n) is 9.16. The molecule has 0 spiro atoms. The average Bonchev–Trinajstić information content (AvgIpc) is 2.34. The van der Waals surface area contributed by atoms with Gasteiger partial charge in [0.15, 0.2) is 11.6 Å². The quantitative estimate of drug-likeness (QED) is 0.864. The first kappa shape index (κ1) is 11.7. The second-order valence-electron chi connectivity index (χ2n) is 3.76. The Morgan fingerprint density at radius 1 is 0.941 bits per heavy atom. The van der Waals surface area contributed by atoms with E-state index in [1.807, 2.05) is 24.3 Å². The van der Waals surface area contributed by atoms with Gasteiger partial charge in [0.05, 0.1) is 0 Å². The molecule has 2 aromatic carbocycles. The smallest absolute Gasteiger partial charge is 0.159 e. The molecule has 3 heteroatoms. The van der Waals surface area contributed by atoms with Crippen LogP contribution in [-0.4, -0.2) is 11.7 Å². The van der Waals surface area contributed by atoms with E-state index < -0.39 is 11.6 Å². The predicted octanol–water partition coefficient (Wildman–Crippen LogP) is 3.17. The third kappa shape index (κ3) is 2.50. The molecule has 0 heterocycles. The van der Waals surface area contributed by atoms with Gasteiger partial charge in [-0.25, -0.2) is 8.78 Å². The largest absolute Gasteiger partial charge is 0.396 e. The van der Waals surface area contributed by atoms with E-state index in [1.165, 1.54) is 12.1 Å². The number of halogens is 2. The Labute approximate surface area is 98.3 Å². The first-order chi connectivity index (χ1) is 8.22. The van der Waals surface area contributed by atoms with Crippen LogP contribution in [0.25, 0.3) is 11.1 Å². The van der Waals surface area contributed by atoms with E-state index in [-0.39, 0.29) is 6.61 Å². The number of hydrogen-bond acceptors (Lipinski definition) is 1. The molecule has 0 aliphatic heterocycles. The fourth-order valence-electron chi connectivity index (χ4n) is 1.80. The highest BCUT2D eigenvalue weighted by atomic mass is 19.2. The standard InChI is InChI=1S/C14H12F2O/c15-13-6-5-11(9-14(13)16)12-4-2-1-3-10(12)7-8-17/h1-6,9,17H,7-8H2. The normalized spacial score (nSPS) is 10.5. The van der Waals surface area contributed by atoms with Crippen molar-refractivity contribution in [1.82, 2.24) is 0 Å². The predicted molar refractivity (Wildman–Crippen MR) is 62.6 cm³/mol. The van der Waals surface area contributed by atoms with Crippen LogP contribution in [0.15, 0.2) is 42.5 Å². The lowest BCUT2D eigenvalue weighted by Crippen LogP contribution is -1.94. The highest BCUT2D eigenvalue weighted by Crippen LogP contribution is 2.25. The molecule has 0 bridgehead atoms. The van der Waals surface area contributed by atoms with Gasteiger partial charge in [0.2, 0.25) is 0 Å². The van der Waals surface area contributed by atoms with Crippen LogP contribution in [0.5, 0.6) is 0 Å². The monoisotopic (exact) mass is 234 g/mol. The van der Waals surface area contributed by atoms with E-state index in [1.54, 1.807) is 0 Å². The molecular formula is C14H12F2O. The molecule has 0 aliphatic carbocycles. The summed E-state index contributed by atoms with van der Waals surface area (Å²) in [5.74, 6) is -1.71. The van der Waals surface area contributed by atoms with Crippen molar-refractivity contribution in [2.45, 2.75) is 6.42 Å². The van der Waals surface area contributed by atoms with Gasteiger partial charge in [0.25, 0.3) is 0 Å². The maximum absolute atomic E-state index is 13.2. The summed E-state index contributed by atoms with van der Waals surface area (Å²) in [6.07, 6.45) is 0.495. The van der Waals surface area contributed by atoms with E-state index in [0.29, 0.717) is 12.0 Å². The van der Waals surface area contributed by atoms with Gasteiger partial charge in [-0.1, -0.05) is 30.3 Å². The molecule has 0 saturated heterocycles. The minimum atomic E-state index is -0.860. The fraction of sp³-hybridized carbons (Fsp3) is 0.143. The lowest BCUT2D eigenvalue weighted by molar-refractivity contribution is 0.300. The Balaban J connectivity index is 2.48. The summed E-state index contributed by atoms with van der Waals surface area (Å²) < 4.78 is 26.0. The highest BCUT2D eigenvalue weighted by Gasteiger charge is 2.07. The second-order valence-corrected chi connectivity index (χ2v) is 3.76. The minimum absolute atomic E-state index is 0.0285. The van der Waals surface area contributed by atoms with E-state index in [4.69, 9.17) is 5.11 Å². The van der Waals surface area contributed by atoms with Crippen LogP contribution in [0.1, 0.15) is 5.56 Å². The van der Waals surface area contributed by atoms with Crippen molar-refractivity contribution < 1.29 is 13.9 Å². The molecule has 0 atom stereocenters. The first-order valence-electron chi connectivity index (χ1n) is 5.36. The van der Waals surface area contributed by atoms with Gasteiger partial charge in [-0.3, -0.25) is 0 Å². The average molecular weight is 234 g/mol. The molecule has 0 radical (unpaired) electrons. The molecule has 0 aromatic heterocycles. The van der Waals surface area contributed by atoms with Crippen molar-refractivity contribution >= 4 is 0 Å². The van der Waals surface area contributed by atoms with Crippen LogP contribution in [0.2, 0.25) is 0 Å². The van der Waals surface area contributed by atoms with Crippen molar-refractivity contribution in [1.29, 1.82) is 0 Å². The van der Waals surface area contributed by atoms with Gasteiger partial charge in [0.1, 0.15) is 0 Å². The van der Waals surface area contributed by atoms with Crippen LogP contribution in [-0.2, 0) is 6.42 Å². The summed E-state index contributed by atoms with van der Waals surface area (Å²) in [5, 5.41) is 8.96. The number of rotatable bonds is 3. The van der Waals surface area contributed by atoms with Crippen LogP contribution in [0, 0.1) is 11.6 Å². The summed E-state index contributed by atoms with van der Waals surface area (Å²) in [5.41, 5.74) is 2.36. The van der Waals surface area contributed by atoms with E-state index in [9.17, 15) is 8.78 Å². The summed E-state index contributed by atoms with van der Waals surface area (Å²) in [4.78, 5) is 0. The Morgan fingerprint density at radius 2 is 1.71 bits per heavy atom. The van der Waals surface area contributed by atoms with Gasteiger partial charge < -0.3 is 5.11 Å². The maximum atomic E-state index is 13.2. The topological polar surface area (TPSA) is 20.2 Å². The SMILES string of the molecule is OCCc1ccccc1-c1ccc(F)c(F)c1. The lowest BCUT2D eigenvalue weighted by atomic mass is 9.98. The zero-order valence-corrected chi connectivity index (χ0v) is 9.16. The molecule has 17 heavy (non-hydrogen) atoms. The van der Waals surface area contributed by atoms with Crippen molar-refractivity contribution in [3.8, 4) is 11.1 Å². The van der Waals surface area contributed by atoms with Gasteiger partial charge in [-0.2, -0.15) is 0 Å². The maximum Gasteiger partial charge on any atom is 0.159 e. The van der Waals surface area contributed by atoms with Crippen LogP contribution >= 0.6 is 0 Å². The van der Waals surface area contributed by atoms with Crippen molar-refractivity contribution in [2.75, 3.05) is 6.61 Å². The molecule has 0 unspecified atom stereocenters. The van der Waals surface area contributed by atoms with Gasteiger partial charge in [-0.05, 0) is 35.2 Å². The molecule has 1 N–H and O–H groups in total. The second kappa shape index (κ2) is 5.06. The van der Waals surface area contributed by atoms with Crippen LogP contribution in [0.3, 0.4) is 0 Å². The zero-order chi connectivity index (χ0) is 12.3. The van der Waals surface area contributed by atoms with E-state index in [2.05, 4.69) is 0 Å². The number of aliphatic hydroxyl groups excluding tert-OH is 1.